The van der Waals surface area contributed by atoms with E-state index in [2.05, 4.69) is 57.3 Å². The molecule has 2 aliphatic rings. The third-order valence-electron chi connectivity index (χ3n) is 7.00. The zero-order valence-corrected chi connectivity index (χ0v) is 22.4. The third kappa shape index (κ3) is 5.55. The van der Waals surface area contributed by atoms with Crippen molar-refractivity contribution >= 4 is 51.1 Å². The summed E-state index contributed by atoms with van der Waals surface area (Å²) >= 11 is 1.42. The first-order chi connectivity index (χ1) is 19.5. The fraction of sp³-hybridized carbons (Fsp3) is 0.161. The monoisotopic (exact) mass is 550 g/mol. The van der Waals surface area contributed by atoms with Crippen LogP contribution in [0.2, 0.25) is 0 Å². The van der Waals surface area contributed by atoms with Crippen LogP contribution in [0, 0.1) is 10.1 Å². The average molecular weight is 551 g/mol. The molecule has 4 aromatic rings. The molecule has 0 atom stereocenters. The number of nitro groups is 1. The number of piperazine rings is 1. The summed E-state index contributed by atoms with van der Waals surface area (Å²) in [5.41, 5.74) is 3.02. The van der Waals surface area contributed by atoms with Crippen LogP contribution in [-0.4, -0.2) is 47.1 Å². The summed E-state index contributed by atoms with van der Waals surface area (Å²) in [6.07, 6.45) is 1.86. The zero-order valence-electron chi connectivity index (χ0n) is 21.6. The molecule has 2 heterocycles. The zero-order chi connectivity index (χ0) is 27.5. The molecule has 0 unspecified atom stereocenters. The van der Waals surface area contributed by atoms with Gasteiger partial charge in [-0.2, -0.15) is 4.99 Å². The van der Waals surface area contributed by atoms with Crippen LogP contribution in [0.3, 0.4) is 0 Å². The number of non-ortho nitro benzene ring substituents is 1. The number of nitrogens with zero attached hydrogens (tertiary/aromatic N) is 4. The predicted octanol–water partition coefficient (Wildman–Crippen LogP) is 6.12. The van der Waals surface area contributed by atoms with Crippen molar-refractivity contribution in [2.75, 3.05) is 31.1 Å². The van der Waals surface area contributed by atoms with Gasteiger partial charge in [0.05, 0.1) is 9.83 Å². The van der Waals surface area contributed by atoms with Crippen LogP contribution in [0.25, 0.3) is 16.8 Å². The van der Waals surface area contributed by atoms with Crippen molar-refractivity contribution in [3.05, 3.63) is 117 Å². The highest BCUT2D eigenvalue weighted by atomic mass is 32.2. The Morgan fingerprint density at radius 2 is 1.57 bits per heavy atom. The lowest BCUT2D eigenvalue weighted by Gasteiger charge is -2.37. The fourth-order valence-electron chi connectivity index (χ4n) is 4.85. The van der Waals surface area contributed by atoms with Crippen molar-refractivity contribution in [1.82, 2.24) is 4.90 Å². The minimum Gasteiger partial charge on any atom is -0.489 e. The maximum Gasteiger partial charge on any atom is 0.286 e. The van der Waals surface area contributed by atoms with Gasteiger partial charge >= 0.3 is 0 Å². The number of carbonyl (C=O) groups is 1. The van der Waals surface area contributed by atoms with Crippen LogP contribution in [0.15, 0.2) is 101 Å². The second-order valence-corrected chi connectivity index (χ2v) is 10.6. The first kappa shape index (κ1) is 25.6. The Kier molecular flexibility index (Phi) is 7.20. The van der Waals surface area contributed by atoms with Gasteiger partial charge in [0.25, 0.3) is 11.6 Å². The summed E-state index contributed by atoms with van der Waals surface area (Å²) in [5, 5.41) is 14.1. The Morgan fingerprint density at radius 1 is 0.875 bits per heavy atom. The molecule has 1 saturated heterocycles. The molecule has 0 bridgehead atoms. The Bertz CT molecular complexity index is 1620. The smallest absolute Gasteiger partial charge is 0.286 e. The quantitative estimate of drug-likeness (QED) is 0.162. The Morgan fingerprint density at radius 3 is 2.33 bits per heavy atom. The van der Waals surface area contributed by atoms with Gasteiger partial charge in [-0.15, -0.1) is 0 Å². The molecule has 8 nitrogen and oxygen atoms in total. The lowest BCUT2D eigenvalue weighted by molar-refractivity contribution is -0.384. The van der Waals surface area contributed by atoms with Gasteiger partial charge < -0.3 is 14.5 Å². The molecule has 40 heavy (non-hydrogen) atoms. The van der Waals surface area contributed by atoms with Crippen molar-refractivity contribution < 1.29 is 14.5 Å². The van der Waals surface area contributed by atoms with Crippen LogP contribution < -0.4 is 9.64 Å². The molecule has 0 aliphatic carbocycles. The standard InChI is InChI=1S/C31H26N4O4S/c36-30-29(20-22-10-14-26(15-11-22)39-21-23-8-12-25(13-9-23)35(37)38)40-31(32-30)34-18-16-33(17-19-34)28-7-3-5-24-4-1-2-6-27(24)28/h1-15,20H,16-19,21H2. The van der Waals surface area contributed by atoms with Crippen LogP contribution in [0.4, 0.5) is 11.4 Å². The molecule has 0 aromatic heterocycles. The maximum atomic E-state index is 12.7. The third-order valence-corrected chi connectivity index (χ3v) is 8.04. The molecular formula is C31H26N4O4S. The second-order valence-electron chi connectivity index (χ2n) is 9.56. The predicted molar refractivity (Wildman–Crippen MR) is 160 cm³/mol. The molecule has 0 saturated carbocycles. The van der Waals surface area contributed by atoms with Crippen LogP contribution in [-0.2, 0) is 11.4 Å². The van der Waals surface area contributed by atoms with Gasteiger partial charge in [0.1, 0.15) is 12.4 Å². The fourth-order valence-corrected chi connectivity index (χ4v) is 5.81. The van der Waals surface area contributed by atoms with Gasteiger partial charge in [-0.25, -0.2) is 0 Å². The van der Waals surface area contributed by atoms with E-state index in [1.165, 1.54) is 40.4 Å². The molecule has 1 amide bonds. The largest absolute Gasteiger partial charge is 0.489 e. The van der Waals surface area contributed by atoms with Crippen molar-refractivity contribution in [2.24, 2.45) is 4.99 Å². The molecular weight excluding hydrogens is 524 g/mol. The molecule has 200 valence electrons. The number of aliphatic imine (C=N–C) groups is 1. The van der Waals surface area contributed by atoms with Gasteiger partial charge in [-0.3, -0.25) is 14.9 Å². The summed E-state index contributed by atoms with van der Waals surface area (Å²) in [6, 6.07) is 28.6. The number of rotatable bonds is 6. The van der Waals surface area contributed by atoms with Crippen molar-refractivity contribution in [1.29, 1.82) is 0 Å². The van der Waals surface area contributed by atoms with Gasteiger partial charge in [0.2, 0.25) is 0 Å². The van der Waals surface area contributed by atoms with E-state index in [1.807, 2.05) is 30.3 Å². The Balaban J connectivity index is 1.04. The summed E-state index contributed by atoms with van der Waals surface area (Å²) in [5.74, 6) is 0.460. The number of hydrogen-bond donors (Lipinski definition) is 0. The van der Waals surface area contributed by atoms with Crippen LogP contribution in [0.1, 0.15) is 11.1 Å². The molecule has 1 fully saturated rings. The Labute approximate surface area is 235 Å². The Hall–Kier alpha value is -4.63. The van der Waals surface area contributed by atoms with Gasteiger partial charge in [0.15, 0.2) is 5.17 Å². The summed E-state index contributed by atoms with van der Waals surface area (Å²) in [6.45, 7) is 3.63. The lowest BCUT2D eigenvalue weighted by atomic mass is 10.1. The number of fused-ring (bicyclic) bond motifs is 1. The van der Waals surface area contributed by atoms with E-state index in [0.29, 0.717) is 17.3 Å². The minimum atomic E-state index is -0.424. The minimum absolute atomic E-state index is 0.0517. The highest BCUT2D eigenvalue weighted by molar-refractivity contribution is 8.18. The second kappa shape index (κ2) is 11.2. The van der Waals surface area contributed by atoms with Gasteiger partial charge in [-0.1, -0.05) is 48.5 Å². The van der Waals surface area contributed by atoms with Crippen LogP contribution >= 0.6 is 11.8 Å². The summed E-state index contributed by atoms with van der Waals surface area (Å²) in [4.78, 5) is 32.6. The first-order valence-corrected chi connectivity index (χ1v) is 13.8. The van der Waals surface area contributed by atoms with Gasteiger partial charge in [0, 0.05) is 49.4 Å². The molecule has 0 spiro atoms. The molecule has 2 aliphatic heterocycles. The number of hydrogen-bond acceptors (Lipinski definition) is 7. The van der Waals surface area contributed by atoms with E-state index < -0.39 is 4.92 Å². The highest BCUT2D eigenvalue weighted by Gasteiger charge is 2.28. The first-order valence-electron chi connectivity index (χ1n) is 13.0. The summed E-state index contributed by atoms with van der Waals surface area (Å²) < 4.78 is 5.80. The molecule has 6 rings (SSSR count). The van der Waals surface area contributed by atoms with Crippen LogP contribution in [0.5, 0.6) is 5.75 Å². The van der Waals surface area contributed by atoms with E-state index in [4.69, 9.17) is 4.74 Å². The molecule has 9 heteroatoms. The van der Waals surface area contributed by atoms with Crippen molar-refractivity contribution in [2.45, 2.75) is 6.61 Å². The number of carbonyl (C=O) groups excluding carboxylic acids is 1. The number of amides is 1. The highest BCUT2D eigenvalue weighted by Crippen LogP contribution is 2.32. The molecule has 0 N–H and O–H groups in total. The van der Waals surface area contributed by atoms with Crippen molar-refractivity contribution in [3.63, 3.8) is 0 Å². The number of anilines is 1. The molecule has 0 radical (unpaired) electrons. The number of nitro benzene ring substituents is 1. The normalized spacial score (nSPS) is 16.4. The average Bonchev–Trinajstić information content (AvgIpc) is 3.36. The maximum absolute atomic E-state index is 12.7. The number of amidine groups is 1. The summed E-state index contributed by atoms with van der Waals surface area (Å²) in [7, 11) is 0. The SMILES string of the molecule is O=C1N=C(N2CCN(c3cccc4ccccc34)CC2)SC1=Cc1ccc(OCc2ccc([N+](=O)[O-])cc2)cc1. The van der Waals surface area contributed by atoms with Crippen molar-refractivity contribution in [3.8, 4) is 5.75 Å². The lowest BCUT2D eigenvalue weighted by Crippen LogP contribution is -2.47. The van der Waals surface area contributed by atoms with E-state index in [9.17, 15) is 14.9 Å². The van der Waals surface area contributed by atoms with E-state index >= 15 is 0 Å². The number of thioether (sulfide) groups is 1. The van der Waals surface area contributed by atoms with E-state index in [0.717, 1.165) is 42.5 Å². The topological polar surface area (TPSA) is 88.3 Å². The van der Waals surface area contributed by atoms with E-state index in [1.54, 1.807) is 12.1 Å². The number of benzene rings is 4. The van der Waals surface area contributed by atoms with Gasteiger partial charge in [-0.05, 0) is 64.7 Å². The number of ether oxygens (including phenoxy) is 1. The molecule has 4 aromatic carbocycles. The van der Waals surface area contributed by atoms with E-state index in [-0.39, 0.29) is 11.6 Å².